The average Bonchev–Trinajstić information content (AvgIpc) is 2.80. The number of nitrogens with zero attached hydrogens (tertiary/aromatic N) is 3. The maximum Gasteiger partial charge on any atom is 0.140 e. The van der Waals surface area contributed by atoms with Gasteiger partial charge in [0.25, 0.3) is 0 Å². The Balaban J connectivity index is 1.79. The molecule has 1 aromatic rings. The van der Waals surface area contributed by atoms with Crippen LogP contribution in [-0.2, 0) is 13.1 Å². The van der Waals surface area contributed by atoms with Gasteiger partial charge in [-0.3, -0.25) is 0 Å². The molecule has 2 N–H and O–H groups in total. The highest BCUT2D eigenvalue weighted by Crippen LogP contribution is 2.31. The number of nitrogens with one attached hydrogen (secondary N) is 1. The topological polar surface area (TPSA) is 63.0 Å². The summed E-state index contributed by atoms with van der Waals surface area (Å²) in [4.78, 5) is 4.29. The lowest BCUT2D eigenvalue weighted by atomic mass is 9.79. The van der Waals surface area contributed by atoms with Gasteiger partial charge in [0.2, 0.25) is 0 Å². The largest absolute Gasteiger partial charge is 0.389 e. The highest BCUT2D eigenvalue weighted by Gasteiger charge is 2.31. The summed E-state index contributed by atoms with van der Waals surface area (Å²) in [5.41, 5.74) is -0.532. The van der Waals surface area contributed by atoms with Crippen molar-refractivity contribution < 1.29 is 5.11 Å². The van der Waals surface area contributed by atoms with Crippen molar-refractivity contribution in [2.24, 2.45) is 11.8 Å². The maximum absolute atomic E-state index is 10.5. The highest BCUT2D eigenvalue weighted by molar-refractivity contribution is 4.89. The molecule has 0 amide bonds. The molecule has 2 rings (SSSR count). The zero-order chi connectivity index (χ0) is 14.6. The third kappa shape index (κ3) is 4.28. The second kappa shape index (κ2) is 6.68. The van der Waals surface area contributed by atoms with E-state index in [1.54, 1.807) is 6.33 Å². The number of hydrogen-bond acceptors (Lipinski definition) is 4. The first-order valence-electron chi connectivity index (χ1n) is 7.78. The van der Waals surface area contributed by atoms with Gasteiger partial charge in [0.1, 0.15) is 12.2 Å². The molecule has 20 heavy (non-hydrogen) atoms. The van der Waals surface area contributed by atoms with E-state index in [9.17, 15) is 5.11 Å². The molecule has 1 aliphatic rings. The summed E-state index contributed by atoms with van der Waals surface area (Å²) >= 11 is 0. The Morgan fingerprint density at radius 2 is 2.15 bits per heavy atom. The van der Waals surface area contributed by atoms with Crippen molar-refractivity contribution in [2.45, 2.75) is 65.1 Å². The van der Waals surface area contributed by atoms with Crippen molar-refractivity contribution in [2.75, 3.05) is 6.54 Å². The van der Waals surface area contributed by atoms with Crippen LogP contribution in [0.25, 0.3) is 0 Å². The van der Waals surface area contributed by atoms with Gasteiger partial charge in [-0.05, 0) is 37.5 Å². The predicted octanol–water partition coefficient (Wildman–Crippen LogP) is 1.96. The number of aromatic nitrogens is 3. The van der Waals surface area contributed by atoms with Crippen molar-refractivity contribution in [3.8, 4) is 0 Å². The molecule has 0 spiro atoms. The quantitative estimate of drug-likeness (QED) is 0.836. The van der Waals surface area contributed by atoms with Gasteiger partial charge in [0, 0.05) is 13.1 Å². The molecule has 1 heterocycles. The Hall–Kier alpha value is -0.940. The predicted molar refractivity (Wildman–Crippen MR) is 79.1 cm³/mol. The summed E-state index contributed by atoms with van der Waals surface area (Å²) in [5.74, 6) is 2.26. The maximum atomic E-state index is 10.5. The van der Waals surface area contributed by atoms with Crippen LogP contribution in [0.2, 0.25) is 0 Å². The summed E-state index contributed by atoms with van der Waals surface area (Å²) in [6.07, 6.45) is 5.67. The van der Waals surface area contributed by atoms with E-state index >= 15 is 0 Å². The molecule has 0 unspecified atom stereocenters. The molecule has 0 aromatic carbocycles. The Bertz CT molecular complexity index is 408. The van der Waals surface area contributed by atoms with Crippen molar-refractivity contribution in [1.82, 2.24) is 20.1 Å². The summed E-state index contributed by atoms with van der Waals surface area (Å²) in [7, 11) is 0. The van der Waals surface area contributed by atoms with E-state index in [-0.39, 0.29) is 0 Å². The lowest BCUT2D eigenvalue weighted by molar-refractivity contribution is -0.00648. The van der Waals surface area contributed by atoms with Crippen LogP contribution in [0.4, 0.5) is 0 Å². The first-order valence-corrected chi connectivity index (χ1v) is 7.78. The Kier molecular flexibility index (Phi) is 5.16. The minimum Gasteiger partial charge on any atom is -0.389 e. The zero-order valence-corrected chi connectivity index (χ0v) is 13.0. The first-order chi connectivity index (χ1) is 9.48. The number of aliphatic hydroxyl groups is 1. The molecule has 0 aliphatic heterocycles. The minimum atomic E-state index is -0.532. The monoisotopic (exact) mass is 280 g/mol. The molecule has 1 aliphatic carbocycles. The summed E-state index contributed by atoms with van der Waals surface area (Å²) in [5, 5.41) is 18.1. The molecule has 5 nitrogen and oxygen atoms in total. The molecule has 0 saturated heterocycles. The Morgan fingerprint density at radius 3 is 2.80 bits per heavy atom. The molecular formula is C15H28N4O. The van der Waals surface area contributed by atoms with Crippen LogP contribution < -0.4 is 5.32 Å². The smallest absolute Gasteiger partial charge is 0.140 e. The van der Waals surface area contributed by atoms with Crippen molar-refractivity contribution in [1.29, 1.82) is 0 Å². The van der Waals surface area contributed by atoms with Gasteiger partial charge in [0.05, 0.1) is 12.1 Å². The number of hydrogen-bond donors (Lipinski definition) is 2. The molecule has 0 atom stereocenters. The SMILES string of the molecule is CC(C)Cn1ncnc1CNCC1(O)CCC(C)CC1. The van der Waals surface area contributed by atoms with Gasteiger partial charge in [-0.15, -0.1) is 0 Å². The molecule has 0 bridgehead atoms. The van der Waals surface area contributed by atoms with E-state index in [4.69, 9.17) is 0 Å². The van der Waals surface area contributed by atoms with Crippen molar-refractivity contribution in [3.05, 3.63) is 12.2 Å². The van der Waals surface area contributed by atoms with E-state index in [0.29, 0.717) is 19.0 Å². The second-order valence-corrected chi connectivity index (χ2v) is 6.76. The van der Waals surface area contributed by atoms with Gasteiger partial charge in [-0.2, -0.15) is 5.10 Å². The first kappa shape index (κ1) is 15.4. The van der Waals surface area contributed by atoms with Gasteiger partial charge < -0.3 is 10.4 Å². The summed E-state index contributed by atoms with van der Waals surface area (Å²) in [6, 6.07) is 0. The fourth-order valence-corrected chi connectivity index (χ4v) is 2.81. The summed E-state index contributed by atoms with van der Waals surface area (Å²) in [6.45, 7) is 8.81. The lowest BCUT2D eigenvalue weighted by Crippen LogP contribution is -2.43. The normalized spacial score (nSPS) is 27.1. The fraction of sp³-hybridized carbons (Fsp3) is 0.867. The standard InChI is InChI=1S/C15H28N4O/c1-12(2)9-19-14(17-11-18-19)8-16-10-15(20)6-4-13(3)5-7-15/h11-13,16,20H,4-10H2,1-3H3. The fourth-order valence-electron chi connectivity index (χ4n) is 2.81. The molecular weight excluding hydrogens is 252 g/mol. The van der Waals surface area contributed by atoms with Crippen LogP contribution in [0, 0.1) is 11.8 Å². The minimum absolute atomic E-state index is 0.532. The van der Waals surface area contributed by atoms with Crippen LogP contribution in [0.3, 0.4) is 0 Å². The van der Waals surface area contributed by atoms with Crippen LogP contribution >= 0.6 is 0 Å². The third-order valence-corrected chi connectivity index (χ3v) is 4.18. The van der Waals surface area contributed by atoms with Gasteiger partial charge in [-0.25, -0.2) is 9.67 Å². The van der Waals surface area contributed by atoms with E-state index in [0.717, 1.165) is 44.0 Å². The van der Waals surface area contributed by atoms with E-state index in [1.807, 2.05) is 4.68 Å². The third-order valence-electron chi connectivity index (χ3n) is 4.18. The van der Waals surface area contributed by atoms with Gasteiger partial charge in [0.15, 0.2) is 0 Å². The summed E-state index contributed by atoms with van der Waals surface area (Å²) < 4.78 is 1.95. The van der Waals surface area contributed by atoms with Gasteiger partial charge in [-0.1, -0.05) is 20.8 Å². The van der Waals surface area contributed by atoms with E-state index < -0.39 is 5.60 Å². The van der Waals surface area contributed by atoms with E-state index in [2.05, 4.69) is 36.2 Å². The Morgan fingerprint density at radius 1 is 1.45 bits per heavy atom. The van der Waals surface area contributed by atoms with Crippen molar-refractivity contribution >= 4 is 0 Å². The lowest BCUT2D eigenvalue weighted by Gasteiger charge is -2.35. The molecule has 1 fully saturated rings. The molecule has 114 valence electrons. The molecule has 1 aromatic heterocycles. The molecule has 1 saturated carbocycles. The van der Waals surface area contributed by atoms with Crippen LogP contribution in [0.15, 0.2) is 6.33 Å². The zero-order valence-electron chi connectivity index (χ0n) is 13.0. The molecule has 5 heteroatoms. The highest BCUT2D eigenvalue weighted by atomic mass is 16.3. The average molecular weight is 280 g/mol. The van der Waals surface area contributed by atoms with Gasteiger partial charge >= 0.3 is 0 Å². The second-order valence-electron chi connectivity index (χ2n) is 6.76. The van der Waals surface area contributed by atoms with Crippen LogP contribution in [0.5, 0.6) is 0 Å². The number of rotatable bonds is 6. The van der Waals surface area contributed by atoms with Crippen LogP contribution in [0.1, 0.15) is 52.3 Å². The molecule has 0 radical (unpaired) electrons. The van der Waals surface area contributed by atoms with Crippen LogP contribution in [-0.4, -0.2) is 32.0 Å². The Labute approximate surface area is 121 Å². The van der Waals surface area contributed by atoms with E-state index in [1.165, 1.54) is 0 Å². The van der Waals surface area contributed by atoms with Crippen molar-refractivity contribution in [3.63, 3.8) is 0 Å².